The summed E-state index contributed by atoms with van der Waals surface area (Å²) in [4.78, 5) is 10.4. The first-order chi connectivity index (χ1) is 7.10. The van der Waals surface area contributed by atoms with Crippen LogP contribution in [0.4, 0.5) is 0 Å². The van der Waals surface area contributed by atoms with E-state index in [4.69, 9.17) is 5.11 Å². The second-order valence-corrected chi connectivity index (χ2v) is 10.8. The Morgan fingerprint density at radius 3 is 0.947 bits per heavy atom. The zero-order valence-corrected chi connectivity index (χ0v) is 16.5. The molecule has 0 radical (unpaired) electrons. The van der Waals surface area contributed by atoms with Crippen LogP contribution >= 0.6 is 0 Å². The van der Waals surface area contributed by atoms with Crippen LogP contribution in [0.2, 0.25) is 16.6 Å². The van der Waals surface area contributed by atoms with E-state index in [1.165, 1.54) is 0 Å². The fourth-order valence-corrected chi connectivity index (χ4v) is 6.00. The van der Waals surface area contributed by atoms with Gasteiger partial charge in [0.1, 0.15) is 0 Å². The van der Waals surface area contributed by atoms with Gasteiger partial charge in [-0.3, -0.25) is 0 Å². The van der Waals surface area contributed by atoms with Crippen LogP contribution in [0.5, 0.6) is 0 Å². The molecule has 0 fully saturated rings. The molecule has 0 bridgehead atoms. The van der Waals surface area contributed by atoms with E-state index in [-0.39, 0.29) is 38.8 Å². The number of aliphatic hydroxyl groups is 1. The maximum Gasteiger partial charge on any atom is 0.196 e. The first-order valence-corrected chi connectivity index (χ1v) is 8.68. The largest absolute Gasteiger partial charge is 0.431 e. The van der Waals surface area contributed by atoms with Gasteiger partial charge in [-0.25, -0.2) is 0 Å². The summed E-state index contributed by atoms with van der Waals surface area (Å²) in [5.74, 6) is 0. The third-order valence-electron chi connectivity index (χ3n) is 3.37. The molecule has 0 amide bonds. The first-order valence-electron chi connectivity index (χ1n) is 6.50. The number of hydrogen-bond acceptors (Lipinski definition) is 2. The Hall–Kier alpha value is 0.771. The fraction of sp³-hybridized carbons (Fsp3) is 1.00. The fourth-order valence-electron chi connectivity index (χ4n) is 2.00. The van der Waals surface area contributed by atoms with Gasteiger partial charge in [0.15, 0.2) is 8.32 Å². The Balaban J connectivity index is -0.0000000717. The van der Waals surface area contributed by atoms with Crippen molar-refractivity contribution < 1.29 is 42.6 Å². The minimum Gasteiger partial charge on any atom is -0.431 e. The summed E-state index contributed by atoms with van der Waals surface area (Å²) < 4.78 is 0. The quantitative estimate of drug-likeness (QED) is 0.771. The molecule has 0 saturated carbocycles. The predicted octanol–water partition coefficient (Wildman–Crippen LogP) is 2.28. The smallest absolute Gasteiger partial charge is 0.196 e. The molecule has 6 heteroatoms. The van der Waals surface area contributed by atoms with Gasteiger partial charge >= 0.3 is 0 Å². The van der Waals surface area contributed by atoms with Crippen molar-refractivity contribution >= 4 is 8.32 Å². The molecule has 4 nitrogen and oxygen atoms in total. The van der Waals surface area contributed by atoms with Crippen LogP contribution in [0, 0.1) is 0 Å². The van der Waals surface area contributed by atoms with Crippen molar-refractivity contribution in [3.63, 3.8) is 0 Å². The van der Waals surface area contributed by atoms with Gasteiger partial charge in [-0.05, 0) is 30.0 Å². The Labute approximate surface area is 135 Å². The second kappa shape index (κ2) is 15.2. The first kappa shape index (κ1) is 31.9. The van der Waals surface area contributed by atoms with Crippen LogP contribution in [0.1, 0.15) is 61.8 Å². The monoisotopic (exact) mass is 332 g/mol. The number of aliphatic hydroxyl groups excluding tert-OH is 1. The minimum absolute atomic E-state index is 0. The molecule has 0 aromatic carbocycles. The number of hydrogen-bond donors (Lipinski definition) is 2. The third-order valence-corrected chi connectivity index (χ3v) is 8.91. The van der Waals surface area contributed by atoms with Crippen LogP contribution in [-0.4, -0.2) is 35.3 Å². The summed E-state index contributed by atoms with van der Waals surface area (Å²) in [5, 5.41) is 8.36. The van der Waals surface area contributed by atoms with Gasteiger partial charge in [-0.2, -0.15) is 0 Å². The predicted molar refractivity (Wildman–Crippen MR) is 82.5 cm³/mol. The molecule has 0 aromatic heterocycles. The normalized spacial score (nSPS) is 11.8. The molecule has 0 heterocycles. The molecule has 0 rings (SSSR count). The molecular formula is C13H36O4SiTi. The Kier molecular flexibility index (Phi) is 25.5. The third kappa shape index (κ3) is 12.2. The maximum atomic E-state index is 10.4. The van der Waals surface area contributed by atoms with Crippen molar-refractivity contribution in [2.75, 3.05) is 0 Å². The summed E-state index contributed by atoms with van der Waals surface area (Å²) in [6.07, 6.45) is 0.745. The van der Waals surface area contributed by atoms with Gasteiger partial charge in [0, 0.05) is 21.7 Å². The van der Waals surface area contributed by atoms with Crippen LogP contribution in [0.25, 0.3) is 0 Å². The zero-order valence-electron chi connectivity index (χ0n) is 13.9. The van der Waals surface area contributed by atoms with E-state index in [0.29, 0.717) is 16.6 Å². The van der Waals surface area contributed by atoms with Gasteiger partial charge in [0.05, 0.1) is 6.10 Å². The summed E-state index contributed by atoms with van der Waals surface area (Å²) in [7, 11) is -1.98. The van der Waals surface area contributed by atoms with Crippen molar-refractivity contribution in [2.45, 2.75) is 84.5 Å². The van der Waals surface area contributed by atoms with E-state index in [1.807, 2.05) is 6.92 Å². The molecule has 0 aliphatic heterocycles. The molecule has 19 heavy (non-hydrogen) atoms. The van der Waals surface area contributed by atoms with E-state index in [2.05, 4.69) is 41.5 Å². The van der Waals surface area contributed by atoms with Crippen molar-refractivity contribution in [1.29, 1.82) is 0 Å². The van der Waals surface area contributed by atoms with Crippen LogP contribution in [0.15, 0.2) is 0 Å². The van der Waals surface area contributed by atoms with Crippen LogP contribution in [-0.2, 0) is 21.7 Å². The topological polar surface area (TPSA) is 103 Å². The Bertz CT molecular complexity index is 154. The van der Waals surface area contributed by atoms with E-state index < -0.39 is 8.32 Å². The average molecular weight is 332 g/mol. The van der Waals surface area contributed by atoms with Gasteiger partial charge in [0.25, 0.3) is 0 Å². The van der Waals surface area contributed by atoms with Gasteiger partial charge < -0.3 is 20.9 Å². The van der Waals surface area contributed by atoms with Crippen molar-refractivity contribution in [1.82, 2.24) is 0 Å². The molecule has 120 valence electrons. The van der Waals surface area contributed by atoms with Crippen LogP contribution in [0.3, 0.4) is 0 Å². The van der Waals surface area contributed by atoms with Crippen molar-refractivity contribution in [3.8, 4) is 0 Å². The van der Waals surface area contributed by atoms with E-state index in [1.54, 1.807) is 6.92 Å². The standard InChI is InChI=1S/C9H22OSi.C4H10O.2H2O.Ti/c1-7(2)11(10,8(3)4)9(5)6;1-3-4(2)5;;;/h7-10H,1-6H3;4-5H,3H2,1-2H3;2*1H2;. The Morgan fingerprint density at radius 1 is 0.789 bits per heavy atom. The van der Waals surface area contributed by atoms with E-state index >= 15 is 0 Å². The summed E-state index contributed by atoms with van der Waals surface area (Å²) in [6.45, 7) is 16.6. The zero-order chi connectivity index (χ0) is 13.5. The molecule has 0 aliphatic carbocycles. The summed E-state index contributed by atoms with van der Waals surface area (Å²) in [5.41, 5.74) is 1.42. The van der Waals surface area contributed by atoms with Gasteiger partial charge in [-0.1, -0.05) is 48.5 Å². The molecule has 0 spiro atoms. The van der Waals surface area contributed by atoms with E-state index in [0.717, 1.165) is 6.42 Å². The number of rotatable bonds is 4. The van der Waals surface area contributed by atoms with Crippen molar-refractivity contribution in [3.05, 3.63) is 0 Å². The van der Waals surface area contributed by atoms with Gasteiger partial charge in [-0.15, -0.1) is 0 Å². The minimum atomic E-state index is -1.98. The second-order valence-electron chi connectivity index (χ2n) is 5.61. The molecule has 0 aromatic rings. The molecule has 0 saturated heterocycles. The molecule has 1 unspecified atom stereocenters. The summed E-state index contributed by atoms with van der Waals surface area (Å²) >= 11 is 0. The SMILES string of the molecule is CC(C)[Si](O)(C(C)C)C(C)C.CCC(C)O.O.O.[Ti]. The molecule has 1 atom stereocenters. The van der Waals surface area contributed by atoms with Crippen LogP contribution < -0.4 is 0 Å². The molecule has 0 aliphatic rings. The van der Waals surface area contributed by atoms with E-state index in [9.17, 15) is 4.80 Å². The summed E-state index contributed by atoms with van der Waals surface area (Å²) in [6, 6.07) is 0. The Morgan fingerprint density at radius 2 is 0.947 bits per heavy atom. The van der Waals surface area contributed by atoms with Gasteiger partial charge in [0.2, 0.25) is 0 Å². The molecule has 6 N–H and O–H groups in total. The molecular weight excluding hydrogens is 296 g/mol. The maximum absolute atomic E-state index is 10.4. The average Bonchev–Trinajstić information content (AvgIpc) is 2.16. The van der Waals surface area contributed by atoms with Crippen molar-refractivity contribution in [2.24, 2.45) is 0 Å².